The topological polar surface area (TPSA) is 81.7 Å². The van der Waals surface area contributed by atoms with Gasteiger partial charge in [0, 0.05) is 23.8 Å². The number of carbonyl (C=O) groups excluding carboxylic acids is 1. The highest BCUT2D eigenvalue weighted by atomic mass is 28.4. The van der Waals surface area contributed by atoms with Crippen molar-refractivity contribution in [3.8, 4) is 5.75 Å². The molecule has 11 heteroatoms. The first-order chi connectivity index (χ1) is 38.6. The molecule has 4 aromatic carbocycles. The molecule has 0 radical (unpaired) electrons. The smallest absolute Gasteiger partial charge is 0.192 e. The van der Waals surface area contributed by atoms with E-state index in [1.54, 1.807) is 13.2 Å². The van der Waals surface area contributed by atoms with Crippen LogP contribution in [0.1, 0.15) is 145 Å². The number of rotatable bonds is 28. The van der Waals surface area contributed by atoms with Gasteiger partial charge < -0.3 is 32.2 Å². The van der Waals surface area contributed by atoms with E-state index in [9.17, 15) is 4.79 Å². The Labute approximate surface area is 508 Å². The minimum Gasteiger partial charge on any atom is -0.497 e. The van der Waals surface area contributed by atoms with Crippen molar-refractivity contribution in [2.45, 2.75) is 207 Å². The Morgan fingerprint density at radius 1 is 0.602 bits per heavy atom. The average Bonchev–Trinajstić information content (AvgIpc) is 3.48. The summed E-state index contributed by atoms with van der Waals surface area (Å²) in [6, 6.07) is 39.5. The molecule has 1 saturated heterocycles. The minimum absolute atomic E-state index is 0.000703. The van der Waals surface area contributed by atoms with Crippen LogP contribution in [-0.2, 0) is 37.9 Å². The number of allylic oxidation sites excluding steroid dienone is 2. The minimum atomic E-state index is -2.30. The van der Waals surface area contributed by atoms with E-state index in [1.165, 1.54) is 0 Å². The number of carbonyl (C=O) groups is 1. The van der Waals surface area contributed by atoms with Crippen LogP contribution in [0.4, 0.5) is 0 Å². The molecule has 11 atom stereocenters. The highest BCUT2D eigenvalue weighted by molar-refractivity contribution is 6.75. The monoisotopic (exact) mass is 1190 g/mol. The number of benzene rings is 4. The Balaban J connectivity index is 1.43. The zero-order valence-electron chi connectivity index (χ0n) is 55.4. The molecule has 1 aliphatic heterocycles. The van der Waals surface area contributed by atoms with Crippen molar-refractivity contribution < 1.29 is 37.0 Å². The molecule has 1 aliphatic rings. The molecule has 8 nitrogen and oxygen atoms in total. The molecule has 4 aromatic rings. The summed E-state index contributed by atoms with van der Waals surface area (Å²) >= 11 is 0. The first-order valence-corrected chi connectivity index (χ1v) is 39.7. The Kier molecular flexibility index (Phi) is 24.9. The maximum absolute atomic E-state index is 14.0. The highest BCUT2D eigenvalue weighted by Crippen LogP contribution is 2.45. The molecule has 0 saturated carbocycles. The molecule has 458 valence electrons. The van der Waals surface area contributed by atoms with Gasteiger partial charge in [0.25, 0.3) is 0 Å². The highest BCUT2D eigenvalue weighted by Gasteiger charge is 2.45. The molecule has 1 fully saturated rings. The molecule has 0 unspecified atom stereocenters. The first kappa shape index (κ1) is 69.7. The number of ketones is 1. The van der Waals surface area contributed by atoms with Crippen molar-refractivity contribution in [3.05, 3.63) is 174 Å². The fourth-order valence-electron chi connectivity index (χ4n) is 10.4. The standard InChI is InChI=1S/C72H110O8Si3/c1-52(40-47-64(73)57(6)67-56(5)51-75-68(77-67)58-42-45-62(74-16)46-43-58)49-55(4)66(80-83(21,22)71(13,14)15)54(3)41-44-63(78-81(17,18)69(7,8)9)50-65(79-82(19,20)70(10,11)12)53(2)33-32-48-76-72(59-34-26-23-27-35-59,60-36-28-24-29-37-60)61-38-30-25-31-39-61/h23-47,52-57,63,65-68H,48-51H2,1-22H3/b33-32+,44-41-,47-40+/t52-,53+,54-,55-,56-,57-,63+,65-,66-,67-,68-/m0/s1. The van der Waals surface area contributed by atoms with Crippen molar-refractivity contribution in [1.82, 2.24) is 0 Å². The summed E-state index contributed by atoms with van der Waals surface area (Å²) < 4.78 is 47.8. The predicted octanol–water partition coefficient (Wildman–Crippen LogP) is 19.1. The maximum atomic E-state index is 14.0. The van der Waals surface area contributed by atoms with E-state index in [1.807, 2.05) is 31.2 Å². The van der Waals surface area contributed by atoms with E-state index in [4.69, 9.17) is 32.2 Å². The van der Waals surface area contributed by atoms with Crippen molar-refractivity contribution in [2.75, 3.05) is 20.3 Å². The second kappa shape index (κ2) is 29.6. The number of methoxy groups -OCH3 is 1. The summed E-state index contributed by atoms with van der Waals surface area (Å²) in [5.74, 6) is 1.02. The summed E-state index contributed by atoms with van der Waals surface area (Å²) in [6.45, 7) is 49.3. The molecule has 0 amide bonds. The van der Waals surface area contributed by atoms with Gasteiger partial charge in [-0.15, -0.1) is 0 Å². The van der Waals surface area contributed by atoms with Crippen LogP contribution in [0.15, 0.2) is 152 Å². The lowest BCUT2D eigenvalue weighted by Gasteiger charge is -2.43. The van der Waals surface area contributed by atoms with Crippen LogP contribution in [0.25, 0.3) is 0 Å². The van der Waals surface area contributed by atoms with Crippen LogP contribution in [-0.4, -0.2) is 75.5 Å². The van der Waals surface area contributed by atoms with E-state index in [2.05, 4.69) is 258 Å². The lowest BCUT2D eigenvalue weighted by molar-refractivity contribution is -0.247. The molecule has 5 rings (SSSR count). The molecule has 1 heterocycles. The van der Waals surface area contributed by atoms with Gasteiger partial charge in [0.1, 0.15) is 11.4 Å². The van der Waals surface area contributed by atoms with Gasteiger partial charge in [0.05, 0.1) is 44.7 Å². The van der Waals surface area contributed by atoms with Crippen molar-refractivity contribution in [3.63, 3.8) is 0 Å². The van der Waals surface area contributed by atoms with Crippen LogP contribution in [0.3, 0.4) is 0 Å². The first-order valence-electron chi connectivity index (χ1n) is 31.0. The summed E-state index contributed by atoms with van der Waals surface area (Å²) in [5, 5.41) is 0.00918. The lowest BCUT2D eigenvalue weighted by Crippen LogP contribution is -2.48. The SMILES string of the molecule is COc1ccc([C@H]2OC[C@H](C)[C@@H]([C@@H](C)C(=O)/C=C/[C@H](C)C[C@H](C)[C@@H](O[Si](C)(C)C(C)(C)C)[C@@H](C)/C=C\[C@H](C[C@H](O[Si](C)(C)C(C)(C)C)[C@H](C)/C=C/COC(c3ccccc3)(c3ccccc3)c3ccccc3)O[Si](C)(C)C(C)(C)C)O2)cc1. The Bertz CT molecular complexity index is 2570. The summed E-state index contributed by atoms with van der Waals surface area (Å²) in [6.07, 6.45) is 13.5. The quantitative estimate of drug-likeness (QED) is 0.0241. The van der Waals surface area contributed by atoms with Crippen LogP contribution >= 0.6 is 0 Å². The van der Waals surface area contributed by atoms with Crippen molar-refractivity contribution in [2.24, 2.45) is 35.5 Å². The zero-order chi connectivity index (χ0) is 61.8. The summed E-state index contributed by atoms with van der Waals surface area (Å²) in [5.41, 5.74) is 3.33. The largest absolute Gasteiger partial charge is 0.497 e. The van der Waals surface area contributed by atoms with Gasteiger partial charge in [-0.3, -0.25) is 4.79 Å². The Hall–Kier alpha value is -4.02. The lowest BCUT2D eigenvalue weighted by atomic mass is 9.80. The molecule has 0 spiro atoms. The summed E-state index contributed by atoms with van der Waals surface area (Å²) in [4.78, 5) is 14.0. The number of hydrogen-bond donors (Lipinski definition) is 0. The van der Waals surface area contributed by atoms with E-state index in [0.29, 0.717) is 19.6 Å². The summed E-state index contributed by atoms with van der Waals surface area (Å²) in [7, 11) is -5.17. The normalized spacial score (nSPS) is 20.2. The number of ether oxygens (including phenoxy) is 4. The second-order valence-corrected chi connectivity index (χ2v) is 43.1. The zero-order valence-corrected chi connectivity index (χ0v) is 58.4. The van der Waals surface area contributed by atoms with Crippen LogP contribution in [0.2, 0.25) is 54.4 Å². The van der Waals surface area contributed by atoms with E-state index in [0.717, 1.165) is 34.4 Å². The maximum Gasteiger partial charge on any atom is 0.192 e. The molecule has 0 bridgehead atoms. The molecule has 83 heavy (non-hydrogen) atoms. The fourth-order valence-corrected chi connectivity index (χ4v) is 14.6. The van der Waals surface area contributed by atoms with Crippen LogP contribution in [0.5, 0.6) is 5.75 Å². The van der Waals surface area contributed by atoms with E-state index < -0.39 is 36.8 Å². The van der Waals surface area contributed by atoms with Gasteiger partial charge in [-0.1, -0.05) is 237 Å². The van der Waals surface area contributed by atoms with Crippen molar-refractivity contribution >= 4 is 30.7 Å². The van der Waals surface area contributed by atoms with Crippen molar-refractivity contribution in [1.29, 1.82) is 0 Å². The second-order valence-electron chi connectivity index (χ2n) is 28.8. The third-order valence-electron chi connectivity index (χ3n) is 18.9. The van der Waals surface area contributed by atoms with Crippen LogP contribution in [0, 0.1) is 35.5 Å². The molecule has 0 aromatic heterocycles. The fraction of sp³-hybridized carbons (Fsp3) is 0.569. The van der Waals surface area contributed by atoms with Gasteiger partial charge in [0.2, 0.25) is 0 Å². The van der Waals surface area contributed by atoms with Gasteiger partial charge >= 0.3 is 0 Å². The molecular weight excluding hydrogens is 1080 g/mol. The van der Waals surface area contributed by atoms with Gasteiger partial charge in [-0.2, -0.15) is 0 Å². The predicted molar refractivity (Wildman–Crippen MR) is 355 cm³/mol. The van der Waals surface area contributed by atoms with E-state index >= 15 is 0 Å². The number of hydrogen-bond acceptors (Lipinski definition) is 8. The van der Waals surface area contributed by atoms with Gasteiger partial charge in [-0.25, -0.2) is 0 Å². The third kappa shape index (κ3) is 18.7. The molecule has 0 aliphatic carbocycles. The van der Waals surface area contributed by atoms with Gasteiger partial charge in [0.15, 0.2) is 37.0 Å². The van der Waals surface area contributed by atoms with E-state index in [-0.39, 0.29) is 80.8 Å². The molecule has 0 N–H and O–H groups in total. The van der Waals surface area contributed by atoms with Crippen LogP contribution < -0.4 is 4.74 Å². The molecular formula is C72H110O8Si3. The third-order valence-corrected chi connectivity index (χ3v) is 32.4. The average molecular weight is 1190 g/mol. The Morgan fingerprint density at radius 2 is 1.08 bits per heavy atom. The van der Waals surface area contributed by atoms with Gasteiger partial charge in [-0.05, 0) is 119 Å². The Morgan fingerprint density at radius 3 is 1.57 bits per heavy atom.